The van der Waals surface area contributed by atoms with Gasteiger partial charge in [0.2, 0.25) is 0 Å². The molecule has 40 heavy (non-hydrogen) atoms. The second kappa shape index (κ2) is 21.7. The molecule has 0 saturated carbocycles. The fourth-order valence-corrected chi connectivity index (χ4v) is 5.72. The Morgan fingerprint density at radius 2 is 0.925 bits per heavy atom. The number of carbonyl (C=O) groups is 1. The first-order chi connectivity index (χ1) is 19.6. The van der Waals surface area contributed by atoms with E-state index in [1.165, 1.54) is 99.3 Å². The van der Waals surface area contributed by atoms with Gasteiger partial charge in [-0.05, 0) is 87.7 Å². The zero-order valence-electron chi connectivity index (χ0n) is 26.4. The third-order valence-corrected chi connectivity index (χ3v) is 8.50. The maximum absolute atomic E-state index is 12.4. The van der Waals surface area contributed by atoms with Crippen LogP contribution in [0.15, 0.2) is 48.5 Å². The molecule has 0 amide bonds. The van der Waals surface area contributed by atoms with E-state index in [1.54, 1.807) is 0 Å². The number of hydrogen-bond acceptors (Lipinski definition) is 3. The highest BCUT2D eigenvalue weighted by molar-refractivity contribution is 5.78. The van der Waals surface area contributed by atoms with Crippen LogP contribution < -0.4 is 10.6 Å². The van der Waals surface area contributed by atoms with Crippen LogP contribution in [0.25, 0.3) is 0 Å². The van der Waals surface area contributed by atoms with Crippen molar-refractivity contribution >= 4 is 5.78 Å². The summed E-state index contributed by atoms with van der Waals surface area (Å²) in [5, 5.41) is 6.99. The minimum Gasteiger partial charge on any atom is -0.313 e. The highest BCUT2D eigenvalue weighted by Crippen LogP contribution is 2.23. The molecule has 3 nitrogen and oxygen atoms in total. The summed E-state index contributed by atoms with van der Waals surface area (Å²) in [5.41, 5.74) is 5.70. The zero-order valence-corrected chi connectivity index (χ0v) is 26.4. The maximum atomic E-state index is 12.4. The molecular weight excluding hydrogens is 488 g/mol. The van der Waals surface area contributed by atoms with Crippen LogP contribution >= 0.6 is 0 Å². The van der Waals surface area contributed by atoms with E-state index in [0.717, 1.165) is 38.5 Å². The average Bonchev–Trinajstić information content (AvgIpc) is 2.99. The Morgan fingerprint density at radius 1 is 0.550 bits per heavy atom. The number of carbonyl (C=O) groups excluding carboxylic acids is 1. The van der Waals surface area contributed by atoms with Crippen LogP contribution in [0.4, 0.5) is 0 Å². The first-order valence-corrected chi connectivity index (χ1v) is 16.6. The van der Waals surface area contributed by atoms with Crippen molar-refractivity contribution in [3.05, 3.63) is 70.8 Å². The van der Waals surface area contributed by atoms with Gasteiger partial charge in [0, 0.05) is 24.9 Å². The Bertz CT molecular complexity index is 816. The van der Waals surface area contributed by atoms with Crippen molar-refractivity contribution in [2.45, 2.75) is 142 Å². The van der Waals surface area contributed by atoms with Gasteiger partial charge in [0.1, 0.15) is 5.78 Å². The number of ketones is 1. The maximum Gasteiger partial charge on any atom is 0.132 e. The summed E-state index contributed by atoms with van der Waals surface area (Å²) in [6.45, 7) is 4.50. The Balaban J connectivity index is 1.49. The minimum atomic E-state index is 0.432. The lowest BCUT2D eigenvalue weighted by Gasteiger charge is -2.17. The molecule has 0 aromatic heterocycles. The second-order valence-corrected chi connectivity index (χ2v) is 11.8. The van der Waals surface area contributed by atoms with Crippen molar-refractivity contribution < 1.29 is 4.79 Å². The fourth-order valence-electron chi connectivity index (χ4n) is 5.72. The molecule has 0 radical (unpaired) electrons. The molecule has 0 spiro atoms. The van der Waals surface area contributed by atoms with Crippen molar-refractivity contribution in [2.24, 2.45) is 0 Å². The molecule has 2 aromatic carbocycles. The Labute approximate surface area is 247 Å². The number of benzene rings is 2. The summed E-state index contributed by atoms with van der Waals surface area (Å²) in [7, 11) is 4.14. The molecule has 3 heteroatoms. The van der Waals surface area contributed by atoms with Crippen LogP contribution in [0.1, 0.15) is 151 Å². The van der Waals surface area contributed by atoms with Gasteiger partial charge < -0.3 is 10.6 Å². The monoisotopic (exact) mass is 548 g/mol. The van der Waals surface area contributed by atoms with E-state index < -0.39 is 0 Å². The van der Waals surface area contributed by atoms with Crippen LogP contribution in [0, 0.1) is 0 Å². The number of nitrogens with one attached hydrogen (secondary N) is 2. The first kappa shape index (κ1) is 34.2. The smallest absolute Gasteiger partial charge is 0.132 e. The molecule has 224 valence electrons. The Morgan fingerprint density at radius 3 is 1.27 bits per heavy atom. The largest absolute Gasteiger partial charge is 0.313 e. The zero-order chi connectivity index (χ0) is 28.8. The van der Waals surface area contributed by atoms with E-state index >= 15 is 0 Å². The van der Waals surface area contributed by atoms with E-state index in [-0.39, 0.29) is 0 Å². The molecule has 0 bridgehead atoms. The predicted molar refractivity (Wildman–Crippen MR) is 174 cm³/mol. The first-order valence-electron chi connectivity index (χ1n) is 16.6. The van der Waals surface area contributed by atoms with Crippen molar-refractivity contribution in [2.75, 3.05) is 14.1 Å². The van der Waals surface area contributed by atoms with Crippen molar-refractivity contribution in [3.63, 3.8) is 0 Å². The van der Waals surface area contributed by atoms with Gasteiger partial charge in [-0.1, -0.05) is 114 Å². The lowest BCUT2D eigenvalue weighted by molar-refractivity contribution is -0.119. The highest BCUT2D eigenvalue weighted by Gasteiger charge is 2.10. The van der Waals surface area contributed by atoms with Crippen LogP contribution in [0.2, 0.25) is 0 Å². The van der Waals surface area contributed by atoms with E-state index in [0.29, 0.717) is 17.9 Å². The predicted octanol–water partition coefficient (Wildman–Crippen LogP) is 9.84. The van der Waals surface area contributed by atoms with Gasteiger partial charge in [-0.2, -0.15) is 0 Å². The molecule has 2 atom stereocenters. The van der Waals surface area contributed by atoms with Gasteiger partial charge in [0.15, 0.2) is 0 Å². The van der Waals surface area contributed by atoms with Crippen LogP contribution in [-0.2, 0) is 17.6 Å². The lowest BCUT2D eigenvalue weighted by Crippen LogP contribution is -2.16. The second-order valence-electron chi connectivity index (χ2n) is 11.8. The van der Waals surface area contributed by atoms with Gasteiger partial charge in [-0.15, -0.1) is 0 Å². The highest BCUT2D eigenvalue weighted by atomic mass is 16.1. The molecule has 0 aliphatic heterocycles. The van der Waals surface area contributed by atoms with Gasteiger partial charge in [-0.3, -0.25) is 4.79 Å². The van der Waals surface area contributed by atoms with Crippen LogP contribution in [-0.4, -0.2) is 19.9 Å². The van der Waals surface area contributed by atoms with Gasteiger partial charge in [0.25, 0.3) is 0 Å². The molecule has 2 unspecified atom stereocenters. The Kier molecular flexibility index (Phi) is 18.6. The summed E-state index contributed by atoms with van der Waals surface area (Å²) in [6.07, 6.45) is 20.6. The number of rotatable bonds is 24. The standard InChI is InChI=1S/C37H60N2O/c1-5-7-17-31-23-27-33(28-24-31)36(38-3)21-15-11-9-13-19-35(40)20-14-10-12-16-22-37(39-4)34-29-25-32(26-30-34)18-8-6-2/h23-30,36-39H,5-22H2,1-4H3. The summed E-state index contributed by atoms with van der Waals surface area (Å²) < 4.78 is 0. The van der Waals surface area contributed by atoms with E-state index in [4.69, 9.17) is 0 Å². The van der Waals surface area contributed by atoms with Crippen molar-refractivity contribution in [1.82, 2.24) is 10.6 Å². The summed E-state index contributed by atoms with van der Waals surface area (Å²) in [4.78, 5) is 12.4. The van der Waals surface area contributed by atoms with Crippen LogP contribution in [0.5, 0.6) is 0 Å². The number of aryl methyl sites for hydroxylation is 2. The number of unbranched alkanes of at least 4 members (excludes halogenated alkanes) is 8. The van der Waals surface area contributed by atoms with E-state index in [1.807, 2.05) is 0 Å². The minimum absolute atomic E-state index is 0.432. The molecule has 2 aromatic rings. The lowest BCUT2D eigenvalue weighted by atomic mass is 9.97. The van der Waals surface area contributed by atoms with E-state index in [2.05, 4.69) is 87.1 Å². The van der Waals surface area contributed by atoms with Crippen molar-refractivity contribution in [3.8, 4) is 0 Å². The fraction of sp³-hybridized carbons (Fsp3) is 0.649. The van der Waals surface area contributed by atoms with Gasteiger partial charge >= 0.3 is 0 Å². The third-order valence-electron chi connectivity index (χ3n) is 8.50. The quantitative estimate of drug-likeness (QED) is 0.128. The summed E-state index contributed by atoms with van der Waals surface area (Å²) in [6, 6.07) is 19.3. The molecular formula is C37H60N2O. The summed E-state index contributed by atoms with van der Waals surface area (Å²) in [5.74, 6) is 0.465. The molecule has 0 fully saturated rings. The van der Waals surface area contributed by atoms with Gasteiger partial charge in [0.05, 0.1) is 0 Å². The summed E-state index contributed by atoms with van der Waals surface area (Å²) >= 11 is 0. The molecule has 2 rings (SSSR count). The Hall–Kier alpha value is -1.97. The topological polar surface area (TPSA) is 41.1 Å². The molecule has 0 aliphatic carbocycles. The molecule has 0 heterocycles. The molecule has 0 saturated heterocycles. The SMILES string of the molecule is CCCCc1ccc(C(CCCCCCC(=O)CCCCCCC(NC)c2ccc(CCCC)cc2)NC)cc1. The molecule has 0 aliphatic rings. The average molecular weight is 549 g/mol. The van der Waals surface area contributed by atoms with Crippen LogP contribution in [0.3, 0.4) is 0 Å². The number of Topliss-reactive ketones (excluding diaryl/α,β-unsaturated/α-hetero) is 1. The number of hydrogen-bond donors (Lipinski definition) is 2. The third kappa shape index (κ3) is 14.1. The van der Waals surface area contributed by atoms with Crippen molar-refractivity contribution in [1.29, 1.82) is 0 Å². The molecule has 2 N–H and O–H groups in total. The van der Waals surface area contributed by atoms with Gasteiger partial charge in [-0.25, -0.2) is 0 Å². The van der Waals surface area contributed by atoms with E-state index in [9.17, 15) is 4.79 Å². The normalized spacial score (nSPS) is 12.9.